The molecule has 0 aliphatic carbocycles. The van der Waals surface area contributed by atoms with Crippen molar-refractivity contribution in [2.45, 2.75) is 19.9 Å². The van der Waals surface area contributed by atoms with Gasteiger partial charge in [0.2, 0.25) is 0 Å². The van der Waals surface area contributed by atoms with Crippen LogP contribution in [0.2, 0.25) is 0 Å². The molecular formula is C26H23F2N5O4. The Kier molecular flexibility index (Phi) is 7.48. The van der Waals surface area contributed by atoms with Crippen LogP contribution in [0.1, 0.15) is 29.4 Å². The number of nitriles is 1. The third-order valence-electron chi connectivity index (χ3n) is 5.64. The molecule has 37 heavy (non-hydrogen) atoms. The van der Waals surface area contributed by atoms with E-state index in [1.165, 1.54) is 31.6 Å². The van der Waals surface area contributed by atoms with Gasteiger partial charge in [0.1, 0.15) is 52.6 Å². The van der Waals surface area contributed by atoms with Crippen LogP contribution in [0.4, 0.5) is 14.6 Å². The van der Waals surface area contributed by atoms with Crippen LogP contribution in [-0.4, -0.2) is 45.9 Å². The summed E-state index contributed by atoms with van der Waals surface area (Å²) < 4.78 is 41.6. The van der Waals surface area contributed by atoms with Crippen molar-refractivity contribution < 1.29 is 28.2 Å². The van der Waals surface area contributed by atoms with Crippen molar-refractivity contribution >= 4 is 22.7 Å². The predicted molar refractivity (Wildman–Crippen MR) is 132 cm³/mol. The molecule has 2 N–H and O–H groups in total. The van der Waals surface area contributed by atoms with E-state index in [0.717, 1.165) is 6.07 Å². The zero-order valence-corrected chi connectivity index (χ0v) is 20.1. The summed E-state index contributed by atoms with van der Waals surface area (Å²) in [5, 5.41) is 22.5. The standard InChI is InChI=1S/C26H23F2N5O4/c1-3-8-37-22-10-15(9-19(28)24(22)26(34)35)20-12-23(32-14-31-20)30-6-7-33-16(13-29)11-17-21(36-2)5-4-18(27)25(17)33/h4-5,9-12,14H,3,6-8H2,1-2H3,(H,34,35)(H,30,31,32). The summed E-state index contributed by atoms with van der Waals surface area (Å²) in [6.07, 6.45) is 1.90. The van der Waals surface area contributed by atoms with Crippen LogP contribution >= 0.6 is 0 Å². The van der Waals surface area contributed by atoms with Gasteiger partial charge in [0.05, 0.1) is 24.9 Å². The molecule has 0 bridgehead atoms. The molecule has 0 spiro atoms. The Morgan fingerprint density at radius 1 is 1.16 bits per heavy atom. The number of carboxylic acids is 1. The first kappa shape index (κ1) is 25.4. The molecule has 0 amide bonds. The van der Waals surface area contributed by atoms with Gasteiger partial charge in [0.25, 0.3) is 0 Å². The van der Waals surface area contributed by atoms with Crippen molar-refractivity contribution in [2.24, 2.45) is 0 Å². The van der Waals surface area contributed by atoms with Crippen LogP contribution in [0.5, 0.6) is 11.5 Å². The topological polar surface area (TPSA) is 122 Å². The highest BCUT2D eigenvalue weighted by atomic mass is 19.1. The molecule has 2 aromatic heterocycles. The second kappa shape index (κ2) is 10.9. The number of aromatic carboxylic acids is 1. The van der Waals surface area contributed by atoms with Crippen LogP contribution in [0.25, 0.3) is 22.2 Å². The molecule has 2 aromatic carbocycles. The Morgan fingerprint density at radius 3 is 2.68 bits per heavy atom. The van der Waals surface area contributed by atoms with Crippen molar-refractivity contribution in [1.82, 2.24) is 14.5 Å². The highest BCUT2D eigenvalue weighted by molar-refractivity contribution is 5.92. The second-order valence-corrected chi connectivity index (χ2v) is 8.01. The molecule has 0 saturated carbocycles. The van der Waals surface area contributed by atoms with Crippen LogP contribution in [0.15, 0.2) is 42.7 Å². The number of nitrogens with zero attached hydrogens (tertiary/aromatic N) is 4. The van der Waals surface area contributed by atoms with Gasteiger partial charge in [-0.25, -0.2) is 23.5 Å². The highest BCUT2D eigenvalue weighted by Crippen LogP contribution is 2.32. The van der Waals surface area contributed by atoms with E-state index in [0.29, 0.717) is 34.6 Å². The van der Waals surface area contributed by atoms with Crippen LogP contribution < -0.4 is 14.8 Å². The predicted octanol–water partition coefficient (Wildman–Crippen LogP) is 4.86. The van der Waals surface area contributed by atoms with Crippen LogP contribution in [0, 0.1) is 23.0 Å². The van der Waals surface area contributed by atoms with Gasteiger partial charge >= 0.3 is 5.97 Å². The molecule has 2 heterocycles. The summed E-state index contributed by atoms with van der Waals surface area (Å²) >= 11 is 0. The number of nitrogens with one attached hydrogen (secondary N) is 1. The molecular weight excluding hydrogens is 484 g/mol. The van der Waals surface area contributed by atoms with E-state index < -0.39 is 23.2 Å². The number of fused-ring (bicyclic) bond motifs is 1. The number of aromatic nitrogens is 3. The Hall–Kier alpha value is -4.72. The molecule has 0 radical (unpaired) electrons. The van der Waals surface area contributed by atoms with Gasteiger partial charge in [-0.2, -0.15) is 5.26 Å². The lowest BCUT2D eigenvalue weighted by atomic mass is 10.1. The van der Waals surface area contributed by atoms with E-state index >= 15 is 0 Å². The normalized spacial score (nSPS) is 10.8. The lowest BCUT2D eigenvalue weighted by molar-refractivity contribution is 0.0687. The first-order valence-corrected chi connectivity index (χ1v) is 11.4. The van der Waals surface area contributed by atoms with Gasteiger partial charge in [-0.1, -0.05) is 6.92 Å². The number of methoxy groups -OCH3 is 1. The number of hydrogen-bond donors (Lipinski definition) is 2. The number of carboxylic acid groups (broad SMARTS) is 1. The zero-order chi connectivity index (χ0) is 26.5. The molecule has 0 unspecified atom stereocenters. The van der Waals surface area contributed by atoms with Gasteiger partial charge in [-0.15, -0.1) is 0 Å². The van der Waals surface area contributed by atoms with Gasteiger partial charge in [0, 0.05) is 30.1 Å². The van der Waals surface area contributed by atoms with Crippen molar-refractivity contribution in [3.63, 3.8) is 0 Å². The van der Waals surface area contributed by atoms with E-state index in [9.17, 15) is 23.9 Å². The summed E-state index contributed by atoms with van der Waals surface area (Å²) in [5.41, 5.74) is 0.651. The highest BCUT2D eigenvalue weighted by Gasteiger charge is 2.20. The fourth-order valence-corrected chi connectivity index (χ4v) is 3.99. The van der Waals surface area contributed by atoms with Crippen molar-refractivity contribution in [3.8, 4) is 28.8 Å². The first-order chi connectivity index (χ1) is 17.9. The minimum Gasteiger partial charge on any atom is -0.496 e. The molecule has 11 heteroatoms. The molecule has 9 nitrogen and oxygen atoms in total. The second-order valence-electron chi connectivity index (χ2n) is 8.01. The quantitative estimate of drug-likeness (QED) is 0.312. The first-order valence-electron chi connectivity index (χ1n) is 11.4. The largest absolute Gasteiger partial charge is 0.496 e. The minimum absolute atomic E-state index is 0.0848. The molecule has 4 aromatic rings. The van der Waals surface area contributed by atoms with E-state index in [2.05, 4.69) is 21.4 Å². The SMILES string of the molecule is CCCOc1cc(-c2cc(NCCn3c(C#N)cc4c(OC)ccc(F)c43)ncn2)cc(F)c1C(=O)O. The summed E-state index contributed by atoms with van der Waals surface area (Å²) in [6.45, 7) is 2.60. The van der Waals surface area contributed by atoms with E-state index in [4.69, 9.17) is 9.47 Å². The molecule has 0 atom stereocenters. The summed E-state index contributed by atoms with van der Waals surface area (Å²) in [5.74, 6) is -2.07. The molecule has 190 valence electrons. The molecule has 0 fully saturated rings. The maximum Gasteiger partial charge on any atom is 0.342 e. The number of rotatable bonds is 10. The van der Waals surface area contributed by atoms with Gasteiger partial charge < -0.3 is 24.5 Å². The van der Waals surface area contributed by atoms with Gasteiger partial charge in [-0.05, 0) is 36.8 Å². The molecule has 0 aliphatic rings. The van der Waals surface area contributed by atoms with Crippen molar-refractivity contribution in [3.05, 3.63) is 65.6 Å². The average Bonchev–Trinajstić information content (AvgIpc) is 3.26. The molecule has 4 rings (SSSR count). The summed E-state index contributed by atoms with van der Waals surface area (Å²) in [4.78, 5) is 19.8. The zero-order valence-electron chi connectivity index (χ0n) is 20.1. The van der Waals surface area contributed by atoms with Crippen molar-refractivity contribution in [2.75, 3.05) is 25.6 Å². The maximum atomic E-state index is 14.6. The van der Waals surface area contributed by atoms with E-state index in [1.54, 1.807) is 16.7 Å². The van der Waals surface area contributed by atoms with Gasteiger partial charge in [0.15, 0.2) is 0 Å². The van der Waals surface area contributed by atoms with E-state index in [-0.39, 0.29) is 36.7 Å². The third kappa shape index (κ3) is 5.13. The lowest BCUT2D eigenvalue weighted by Crippen LogP contribution is -2.13. The number of ether oxygens (including phenoxy) is 2. The van der Waals surface area contributed by atoms with Crippen molar-refractivity contribution in [1.29, 1.82) is 5.26 Å². The fourth-order valence-electron chi connectivity index (χ4n) is 3.99. The Balaban J connectivity index is 1.58. The van der Waals surface area contributed by atoms with E-state index in [1.807, 2.05) is 6.92 Å². The molecule has 0 aliphatic heterocycles. The minimum atomic E-state index is -1.43. The Morgan fingerprint density at radius 2 is 1.97 bits per heavy atom. The third-order valence-corrected chi connectivity index (χ3v) is 5.64. The number of hydrogen-bond acceptors (Lipinski definition) is 7. The Bertz CT molecular complexity index is 1510. The summed E-state index contributed by atoms with van der Waals surface area (Å²) in [7, 11) is 1.48. The monoisotopic (exact) mass is 507 g/mol. The number of anilines is 1. The average molecular weight is 507 g/mol. The van der Waals surface area contributed by atoms with Gasteiger partial charge in [-0.3, -0.25) is 0 Å². The number of benzene rings is 2. The number of halogens is 2. The Labute approximate surface area is 210 Å². The molecule has 0 saturated heterocycles. The van der Waals surface area contributed by atoms with Crippen LogP contribution in [-0.2, 0) is 6.54 Å². The van der Waals surface area contributed by atoms with Crippen LogP contribution in [0.3, 0.4) is 0 Å². The maximum absolute atomic E-state index is 14.6. The lowest BCUT2D eigenvalue weighted by Gasteiger charge is -2.13. The fraction of sp³-hybridized carbons (Fsp3) is 0.231. The summed E-state index contributed by atoms with van der Waals surface area (Å²) in [6, 6.07) is 10.5. The number of carbonyl (C=O) groups is 1. The smallest absolute Gasteiger partial charge is 0.342 e.